The molecule has 4 aliphatic rings. The molecule has 132 valence electrons. The van der Waals surface area contributed by atoms with Crippen molar-refractivity contribution in [2.75, 3.05) is 0 Å². The molecular formula is C18H28N4OS. The molecule has 0 spiro atoms. The average molecular weight is 349 g/mol. The molecule has 4 fully saturated rings. The summed E-state index contributed by atoms with van der Waals surface area (Å²) in [5.41, 5.74) is 0.0897. The number of nitrogens with one attached hydrogen (secondary N) is 1. The Morgan fingerprint density at radius 2 is 1.79 bits per heavy atom. The van der Waals surface area contributed by atoms with Crippen molar-refractivity contribution in [3.8, 4) is 0 Å². The number of carbonyl (C=O) groups is 1. The monoisotopic (exact) mass is 348 g/mol. The maximum atomic E-state index is 12.8. The van der Waals surface area contributed by atoms with Crippen molar-refractivity contribution < 1.29 is 4.79 Å². The third-order valence-electron chi connectivity index (χ3n) is 6.17. The first-order valence-corrected chi connectivity index (χ1v) is 10.2. The van der Waals surface area contributed by atoms with Crippen molar-refractivity contribution in [2.45, 2.75) is 81.3 Å². The summed E-state index contributed by atoms with van der Waals surface area (Å²) in [6.45, 7) is 6.20. The van der Waals surface area contributed by atoms with Gasteiger partial charge in [0, 0.05) is 11.6 Å². The molecule has 4 aliphatic carbocycles. The molecular weight excluding hydrogens is 320 g/mol. The molecule has 5 nitrogen and oxygen atoms in total. The molecule has 1 N–H and O–H groups in total. The number of amides is 1. The fourth-order valence-electron chi connectivity index (χ4n) is 5.51. The largest absolute Gasteiger partial charge is 0.350 e. The van der Waals surface area contributed by atoms with E-state index in [9.17, 15) is 4.79 Å². The standard InChI is InChI=1S/C18H28N4OS/c1-11(2)22-10-19-21-17(22)24-12(3)16(23)20-18-7-13-4-14(8-18)6-15(5-13)9-18/h10-15H,4-9H2,1-3H3,(H,20,23)/t12-,13?,14?,15?,18?/m1/s1. The van der Waals surface area contributed by atoms with E-state index in [-0.39, 0.29) is 16.7 Å². The van der Waals surface area contributed by atoms with Crippen molar-refractivity contribution in [3.63, 3.8) is 0 Å². The zero-order valence-electron chi connectivity index (χ0n) is 14.9. The van der Waals surface area contributed by atoms with Gasteiger partial charge in [0.2, 0.25) is 5.91 Å². The van der Waals surface area contributed by atoms with E-state index < -0.39 is 0 Å². The summed E-state index contributed by atoms with van der Waals surface area (Å²) in [4.78, 5) is 12.8. The lowest BCUT2D eigenvalue weighted by molar-refractivity contribution is -0.126. The van der Waals surface area contributed by atoms with Crippen LogP contribution in [0.2, 0.25) is 0 Å². The molecule has 5 rings (SSSR count). The van der Waals surface area contributed by atoms with Crippen LogP contribution in [0.3, 0.4) is 0 Å². The lowest BCUT2D eigenvalue weighted by atomic mass is 9.53. The Morgan fingerprint density at radius 3 is 2.33 bits per heavy atom. The van der Waals surface area contributed by atoms with E-state index >= 15 is 0 Å². The fourth-order valence-corrected chi connectivity index (χ4v) is 6.47. The van der Waals surface area contributed by atoms with Gasteiger partial charge >= 0.3 is 0 Å². The van der Waals surface area contributed by atoms with Crippen LogP contribution in [0.1, 0.15) is 65.3 Å². The molecule has 0 saturated heterocycles. The van der Waals surface area contributed by atoms with E-state index in [4.69, 9.17) is 0 Å². The maximum absolute atomic E-state index is 12.8. The zero-order valence-corrected chi connectivity index (χ0v) is 15.7. The quantitative estimate of drug-likeness (QED) is 0.828. The fraction of sp³-hybridized carbons (Fsp3) is 0.833. The first kappa shape index (κ1) is 16.4. The predicted octanol–water partition coefficient (Wildman–Crippen LogP) is 3.42. The molecule has 1 aromatic rings. The lowest BCUT2D eigenvalue weighted by Crippen LogP contribution is -2.60. The minimum atomic E-state index is -0.139. The first-order chi connectivity index (χ1) is 11.4. The van der Waals surface area contributed by atoms with Crippen LogP contribution >= 0.6 is 11.8 Å². The van der Waals surface area contributed by atoms with Gasteiger partial charge in [0.1, 0.15) is 6.33 Å². The van der Waals surface area contributed by atoms with E-state index in [1.807, 2.05) is 11.5 Å². The third kappa shape index (κ3) is 2.98. The van der Waals surface area contributed by atoms with Crippen LogP contribution in [-0.4, -0.2) is 31.5 Å². The number of carbonyl (C=O) groups excluding carboxylic acids is 1. The molecule has 1 amide bonds. The molecule has 6 heteroatoms. The number of thioether (sulfide) groups is 1. The van der Waals surface area contributed by atoms with Gasteiger partial charge in [-0.3, -0.25) is 4.79 Å². The smallest absolute Gasteiger partial charge is 0.233 e. The highest BCUT2D eigenvalue weighted by molar-refractivity contribution is 8.00. The summed E-state index contributed by atoms with van der Waals surface area (Å²) in [5.74, 6) is 2.72. The third-order valence-corrected chi connectivity index (χ3v) is 7.25. The van der Waals surface area contributed by atoms with E-state index in [0.29, 0.717) is 6.04 Å². The van der Waals surface area contributed by atoms with Crippen LogP contribution in [0.5, 0.6) is 0 Å². The molecule has 0 radical (unpaired) electrons. The van der Waals surface area contributed by atoms with Gasteiger partial charge in [-0.15, -0.1) is 10.2 Å². The van der Waals surface area contributed by atoms with Crippen molar-refractivity contribution in [2.24, 2.45) is 17.8 Å². The highest BCUT2D eigenvalue weighted by Crippen LogP contribution is 2.55. The second kappa shape index (κ2) is 6.04. The topological polar surface area (TPSA) is 59.8 Å². The average Bonchev–Trinajstić information content (AvgIpc) is 2.93. The van der Waals surface area contributed by atoms with Crippen molar-refractivity contribution in [1.82, 2.24) is 20.1 Å². The molecule has 0 aromatic carbocycles. The summed E-state index contributed by atoms with van der Waals surface area (Å²) < 4.78 is 2.03. The van der Waals surface area contributed by atoms with E-state index in [1.165, 1.54) is 50.3 Å². The SMILES string of the molecule is CC(C)n1cnnc1S[C@H](C)C(=O)NC12CC3CC(CC(C3)C1)C2. The Balaban J connectivity index is 1.42. The summed E-state index contributed by atoms with van der Waals surface area (Å²) in [6.07, 6.45) is 9.54. The molecule has 4 saturated carbocycles. The molecule has 4 bridgehead atoms. The second-order valence-corrected chi connectivity index (χ2v) is 9.87. The molecule has 1 atom stereocenters. The van der Waals surface area contributed by atoms with Crippen molar-refractivity contribution in [3.05, 3.63) is 6.33 Å². The van der Waals surface area contributed by atoms with Crippen LogP contribution < -0.4 is 5.32 Å². The van der Waals surface area contributed by atoms with Crippen molar-refractivity contribution in [1.29, 1.82) is 0 Å². The van der Waals surface area contributed by atoms with E-state index in [0.717, 1.165) is 22.9 Å². The van der Waals surface area contributed by atoms with Gasteiger partial charge in [-0.05, 0) is 77.0 Å². The summed E-state index contributed by atoms with van der Waals surface area (Å²) in [6, 6.07) is 0.306. The van der Waals surface area contributed by atoms with Gasteiger partial charge in [-0.25, -0.2) is 0 Å². The number of aromatic nitrogens is 3. The van der Waals surface area contributed by atoms with Crippen LogP contribution in [0.25, 0.3) is 0 Å². The Kier molecular flexibility index (Phi) is 4.14. The van der Waals surface area contributed by atoms with Gasteiger partial charge < -0.3 is 9.88 Å². The molecule has 24 heavy (non-hydrogen) atoms. The van der Waals surface area contributed by atoms with E-state index in [1.54, 1.807) is 6.33 Å². The van der Waals surface area contributed by atoms with Gasteiger partial charge in [-0.2, -0.15) is 0 Å². The minimum absolute atomic E-state index is 0.0897. The maximum Gasteiger partial charge on any atom is 0.233 e. The van der Waals surface area contributed by atoms with E-state index in [2.05, 4.69) is 29.4 Å². The normalized spacial score (nSPS) is 35.4. The zero-order chi connectivity index (χ0) is 16.9. The molecule has 1 heterocycles. The summed E-state index contributed by atoms with van der Waals surface area (Å²) in [7, 11) is 0. The Morgan fingerprint density at radius 1 is 1.21 bits per heavy atom. The summed E-state index contributed by atoms with van der Waals surface area (Å²) in [5, 5.41) is 12.3. The van der Waals surface area contributed by atoms with Crippen molar-refractivity contribution >= 4 is 17.7 Å². The van der Waals surface area contributed by atoms with Gasteiger partial charge in [-0.1, -0.05) is 11.8 Å². The highest BCUT2D eigenvalue weighted by atomic mass is 32.2. The molecule has 0 aliphatic heterocycles. The van der Waals surface area contributed by atoms with Gasteiger partial charge in [0.15, 0.2) is 5.16 Å². The number of nitrogens with zero attached hydrogens (tertiary/aromatic N) is 3. The van der Waals surface area contributed by atoms with Gasteiger partial charge in [0.25, 0.3) is 0 Å². The number of rotatable bonds is 5. The second-order valence-electron chi connectivity index (χ2n) is 8.56. The van der Waals surface area contributed by atoms with Gasteiger partial charge in [0.05, 0.1) is 5.25 Å². The molecule has 1 aromatic heterocycles. The first-order valence-electron chi connectivity index (χ1n) is 9.32. The molecule has 0 unspecified atom stereocenters. The Bertz CT molecular complexity index is 591. The minimum Gasteiger partial charge on any atom is -0.350 e. The summed E-state index contributed by atoms with van der Waals surface area (Å²) >= 11 is 1.52. The van der Waals surface area contributed by atoms with Crippen LogP contribution in [-0.2, 0) is 4.79 Å². The van der Waals surface area contributed by atoms with Crippen LogP contribution in [0.15, 0.2) is 11.5 Å². The number of hydrogen-bond acceptors (Lipinski definition) is 4. The highest BCUT2D eigenvalue weighted by Gasteiger charge is 2.51. The van der Waals surface area contributed by atoms with Crippen LogP contribution in [0.4, 0.5) is 0 Å². The Hall–Kier alpha value is -1.04. The van der Waals surface area contributed by atoms with Crippen LogP contribution in [0, 0.1) is 17.8 Å². The lowest BCUT2D eigenvalue weighted by Gasteiger charge is -2.57. The number of hydrogen-bond donors (Lipinski definition) is 1. The Labute approximate surface area is 148 Å². The predicted molar refractivity (Wildman–Crippen MR) is 94.8 cm³/mol.